The Morgan fingerprint density at radius 3 is 2.60 bits per heavy atom. The Morgan fingerprint density at radius 2 is 2.13 bits per heavy atom. The highest BCUT2D eigenvalue weighted by molar-refractivity contribution is 9.10. The van der Waals surface area contributed by atoms with Gasteiger partial charge in [0.1, 0.15) is 0 Å². The maximum Gasteiger partial charge on any atom is 0.0314 e. The first-order valence-electron chi connectivity index (χ1n) is 5.52. The van der Waals surface area contributed by atoms with E-state index in [0.717, 1.165) is 12.3 Å². The van der Waals surface area contributed by atoms with Gasteiger partial charge < -0.3 is 5.32 Å². The van der Waals surface area contributed by atoms with E-state index in [4.69, 9.17) is 0 Å². The van der Waals surface area contributed by atoms with Crippen molar-refractivity contribution in [3.8, 4) is 0 Å². The summed E-state index contributed by atoms with van der Waals surface area (Å²) < 4.78 is 1.26. The van der Waals surface area contributed by atoms with Crippen molar-refractivity contribution in [1.82, 2.24) is 5.32 Å². The summed E-state index contributed by atoms with van der Waals surface area (Å²) in [4.78, 5) is 1.46. The Labute approximate surface area is 105 Å². The van der Waals surface area contributed by atoms with Gasteiger partial charge in [0.05, 0.1) is 0 Å². The summed E-state index contributed by atoms with van der Waals surface area (Å²) in [5.41, 5.74) is 0. The van der Waals surface area contributed by atoms with E-state index in [-0.39, 0.29) is 0 Å². The van der Waals surface area contributed by atoms with Gasteiger partial charge in [0, 0.05) is 15.4 Å². The third-order valence-electron chi connectivity index (χ3n) is 2.62. The van der Waals surface area contributed by atoms with Crippen molar-refractivity contribution < 1.29 is 0 Å². The maximum atomic E-state index is 3.59. The van der Waals surface area contributed by atoms with E-state index in [9.17, 15) is 0 Å². The molecule has 1 aromatic rings. The number of hydrogen-bond acceptors (Lipinski definition) is 2. The molecule has 0 spiro atoms. The van der Waals surface area contributed by atoms with Gasteiger partial charge in [-0.25, -0.2) is 0 Å². The highest BCUT2D eigenvalue weighted by Crippen LogP contribution is 2.25. The van der Waals surface area contributed by atoms with Crippen LogP contribution in [-0.4, -0.2) is 13.1 Å². The summed E-state index contributed by atoms with van der Waals surface area (Å²) in [6.07, 6.45) is 3.70. The molecular weight excluding hydrogens is 270 g/mol. The fourth-order valence-electron chi connectivity index (χ4n) is 1.58. The highest BCUT2D eigenvalue weighted by atomic mass is 79.9. The number of likely N-dealkylation sites (N-methyl/N-ethyl adjacent to an activating group) is 1. The van der Waals surface area contributed by atoms with Crippen LogP contribution in [0.15, 0.2) is 15.9 Å². The summed E-state index contributed by atoms with van der Waals surface area (Å²) in [6, 6.07) is 2.75. The zero-order chi connectivity index (χ0) is 11.3. The first-order chi connectivity index (χ1) is 7.13. The molecule has 15 heavy (non-hydrogen) atoms. The second kappa shape index (κ2) is 6.66. The second-order valence-electron chi connectivity index (χ2n) is 4.35. The van der Waals surface area contributed by atoms with Crippen LogP contribution in [0.2, 0.25) is 0 Å². The summed E-state index contributed by atoms with van der Waals surface area (Å²) in [5, 5.41) is 5.56. The maximum absolute atomic E-state index is 3.59. The molecule has 1 nitrogen and oxygen atoms in total. The van der Waals surface area contributed by atoms with Gasteiger partial charge in [-0.3, -0.25) is 0 Å². The van der Waals surface area contributed by atoms with Gasteiger partial charge >= 0.3 is 0 Å². The molecule has 0 bridgehead atoms. The standard InChI is InChI=1S/C12H20BrNS/c1-9(2)4-5-10(14-3)8-12-11(13)6-7-15-12/h6-7,9-10,14H,4-5,8H2,1-3H3. The Balaban J connectivity index is 2.43. The predicted octanol–water partition coefficient (Wildman–Crippen LogP) is 4.08. The molecule has 86 valence electrons. The lowest BCUT2D eigenvalue weighted by molar-refractivity contribution is 0.452. The fraction of sp³-hybridized carbons (Fsp3) is 0.667. The van der Waals surface area contributed by atoms with E-state index in [1.807, 2.05) is 11.3 Å². The van der Waals surface area contributed by atoms with Crippen LogP contribution in [0.5, 0.6) is 0 Å². The van der Waals surface area contributed by atoms with Crippen molar-refractivity contribution in [2.75, 3.05) is 7.05 Å². The molecule has 1 rings (SSSR count). The molecular formula is C12H20BrNS. The SMILES string of the molecule is CNC(CCC(C)C)Cc1sccc1Br. The van der Waals surface area contributed by atoms with Crippen LogP contribution in [0.3, 0.4) is 0 Å². The minimum Gasteiger partial charge on any atom is -0.317 e. The first kappa shape index (κ1) is 13.2. The second-order valence-corrected chi connectivity index (χ2v) is 6.21. The molecule has 0 saturated carbocycles. The fourth-order valence-corrected chi connectivity index (χ4v) is 3.17. The minimum atomic E-state index is 0.613. The number of hydrogen-bond donors (Lipinski definition) is 1. The molecule has 0 aliphatic heterocycles. The lowest BCUT2D eigenvalue weighted by atomic mass is 10.0. The van der Waals surface area contributed by atoms with E-state index in [0.29, 0.717) is 6.04 Å². The molecule has 0 aromatic carbocycles. The molecule has 0 saturated heterocycles. The van der Waals surface area contributed by atoms with Gasteiger partial charge in [0.15, 0.2) is 0 Å². The summed E-state index contributed by atoms with van der Waals surface area (Å²) >= 11 is 5.43. The van der Waals surface area contributed by atoms with Crippen LogP contribution in [0.4, 0.5) is 0 Å². The Kier molecular flexibility index (Phi) is 5.87. The molecule has 0 amide bonds. The molecule has 3 heteroatoms. The van der Waals surface area contributed by atoms with Crippen LogP contribution in [0.25, 0.3) is 0 Å². The number of thiophene rings is 1. The molecule has 0 fully saturated rings. The van der Waals surface area contributed by atoms with Crippen molar-refractivity contribution in [3.05, 3.63) is 20.8 Å². The van der Waals surface area contributed by atoms with Crippen molar-refractivity contribution in [2.24, 2.45) is 5.92 Å². The topological polar surface area (TPSA) is 12.0 Å². The first-order valence-corrected chi connectivity index (χ1v) is 7.20. The van der Waals surface area contributed by atoms with E-state index in [1.54, 1.807) is 0 Å². The van der Waals surface area contributed by atoms with Gasteiger partial charge in [-0.05, 0) is 59.6 Å². The van der Waals surface area contributed by atoms with Gasteiger partial charge in [-0.15, -0.1) is 11.3 Å². The van der Waals surface area contributed by atoms with Crippen molar-refractivity contribution >= 4 is 27.3 Å². The molecule has 1 heterocycles. The smallest absolute Gasteiger partial charge is 0.0314 e. The monoisotopic (exact) mass is 289 g/mol. The summed E-state index contributed by atoms with van der Waals surface area (Å²) in [6.45, 7) is 4.57. The molecule has 1 N–H and O–H groups in total. The zero-order valence-corrected chi connectivity index (χ0v) is 12.1. The summed E-state index contributed by atoms with van der Waals surface area (Å²) in [5.74, 6) is 0.799. The van der Waals surface area contributed by atoms with Gasteiger partial charge in [-0.2, -0.15) is 0 Å². The van der Waals surface area contributed by atoms with Gasteiger partial charge in [0.2, 0.25) is 0 Å². The molecule has 0 aliphatic rings. The van der Waals surface area contributed by atoms with E-state index >= 15 is 0 Å². The lowest BCUT2D eigenvalue weighted by Gasteiger charge is -2.16. The zero-order valence-electron chi connectivity index (χ0n) is 9.72. The molecule has 1 atom stereocenters. The predicted molar refractivity (Wildman–Crippen MR) is 72.6 cm³/mol. The lowest BCUT2D eigenvalue weighted by Crippen LogP contribution is -2.27. The Bertz CT molecular complexity index is 283. The molecule has 1 aromatic heterocycles. The van der Waals surface area contributed by atoms with E-state index in [1.165, 1.54) is 22.2 Å². The van der Waals surface area contributed by atoms with Crippen molar-refractivity contribution in [3.63, 3.8) is 0 Å². The normalized spacial score (nSPS) is 13.4. The van der Waals surface area contributed by atoms with Crippen molar-refractivity contribution in [2.45, 2.75) is 39.2 Å². The minimum absolute atomic E-state index is 0.613. The third-order valence-corrected chi connectivity index (χ3v) is 4.57. The largest absolute Gasteiger partial charge is 0.317 e. The average molecular weight is 290 g/mol. The Hall–Kier alpha value is 0.140. The van der Waals surface area contributed by atoms with Gasteiger partial charge in [-0.1, -0.05) is 13.8 Å². The number of rotatable bonds is 6. The van der Waals surface area contributed by atoms with Crippen LogP contribution in [0.1, 0.15) is 31.6 Å². The van der Waals surface area contributed by atoms with Crippen LogP contribution >= 0.6 is 27.3 Å². The Morgan fingerprint density at radius 1 is 1.40 bits per heavy atom. The van der Waals surface area contributed by atoms with E-state index in [2.05, 4.69) is 53.6 Å². The van der Waals surface area contributed by atoms with Crippen LogP contribution in [-0.2, 0) is 6.42 Å². The van der Waals surface area contributed by atoms with Crippen molar-refractivity contribution in [1.29, 1.82) is 0 Å². The van der Waals surface area contributed by atoms with Crippen LogP contribution in [0, 0.1) is 5.92 Å². The molecule has 0 aliphatic carbocycles. The highest BCUT2D eigenvalue weighted by Gasteiger charge is 2.11. The van der Waals surface area contributed by atoms with Crippen LogP contribution < -0.4 is 5.32 Å². The summed E-state index contributed by atoms with van der Waals surface area (Å²) in [7, 11) is 2.06. The quantitative estimate of drug-likeness (QED) is 0.832. The average Bonchev–Trinajstić information content (AvgIpc) is 2.58. The number of nitrogens with one attached hydrogen (secondary N) is 1. The van der Waals surface area contributed by atoms with Gasteiger partial charge in [0.25, 0.3) is 0 Å². The third kappa shape index (κ3) is 4.66. The number of halogens is 1. The molecule has 0 radical (unpaired) electrons. The van der Waals surface area contributed by atoms with E-state index < -0.39 is 0 Å². The molecule has 1 unspecified atom stereocenters.